The standard InChI is InChI=1S/C12H15FOS/c1-9-2-3-10(8-11(9)13)12(14)4-6-15-7-5-12/h2-3,8,14H,4-7H2,1H3. The molecule has 1 aromatic rings. The molecule has 1 aliphatic rings. The second-order valence-electron chi connectivity index (χ2n) is 4.11. The Morgan fingerprint density at radius 2 is 2.00 bits per heavy atom. The average molecular weight is 226 g/mol. The lowest BCUT2D eigenvalue weighted by atomic mass is 9.87. The number of halogens is 1. The lowest BCUT2D eigenvalue weighted by Crippen LogP contribution is -2.30. The first-order chi connectivity index (χ1) is 7.12. The van der Waals surface area contributed by atoms with E-state index in [1.54, 1.807) is 13.0 Å². The van der Waals surface area contributed by atoms with Gasteiger partial charge in [-0.3, -0.25) is 0 Å². The van der Waals surface area contributed by atoms with E-state index in [0.29, 0.717) is 5.56 Å². The van der Waals surface area contributed by atoms with E-state index in [1.807, 2.05) is 17.8 Å². The summed E-state index contributed by atoms with van der Waals surface area (Å²) in [6.45, 7) is 1.74. The minimum atomic E-state index is -0.806. The molecule has 0 atom stereocenters. The van der Waals surface area contributed by atoms with Gasteiger partial charge in [0.1, 0.15) is 5.82 Å². The van der Waals surface area contributed by atoms with Gasteiger partial charge in [0.05, 0.1) is 5.60 Å². The molecule has 82 valence electrons. The molecule has 3 heteroatoms. The lowest BCUT2D eigenvalue weighted by molar-refractivity contribution is 0.0278. The average Bonchev–Trinajstić information content (AvgIpc) is 2.23. The summed E-state index contributed by atoms with van der Waals surface area (Å²) in [6.07, 6.45) is 1.44. The molecule has 1 N–H and O–H groups in total. The molecular formula is C12H15FOS. The molecule has 0 unspecified atom stereocenters. The van der Waals surface area contributed by atoms with Crippen LogP contribution in [-0.2, 0) is 5.60 Å². The summed E-state index contributed by atoms with van der Waals surface area (Å²) in [4.78, 5) is 0. The largest absolute Gasteiger partial charge is 0.385 e. The Bertz CT molecular complexity index is 359. The van der Waals surface area contributed by atoms with Crippen molar-refractivity contribution < 1.29 is 9.50 Å². The third kappa shape index (κ3) is 2.18. The van der Waals surface area contributed by atoms with E-state index in [2.05, 4.69) is 0 Å². The van der Waals surface area contributed by atoms with E-state index in [4.69, 9.17) is 0 Å². The summed E-state index contributed by atoms with van der Waals surface area (Å²) in [6, 6.07) is 5.06. The number of hydrogen-bond donors (Lipinski definition) is 1. The second kappa shape index (κ2) is 4.14. The smallest absolute Gasteiger partial charge is 0.126 e. The second-order valence-corrected chi connectivity index (χ2v) is 5.33. The van der Waals surface area contributed by atoms with Crippen molar-refractivity contribution >= 4 is 11.8 Å². The van der Waals surface area contributed by atoms with Gasteiger partial charge in [-0.25, -0.2) is 4.39 Å². The molecule has 0 amide bonds. The molecule has 15 heavy (non-hydrogen) atoms. The molecule has 1 nitrogen and oxygen atoms in total. The number of rotatable bonds is 1. The number of thioether (sulfide) groups is 1. The number of aliphatic hydroxyl groups is 1. The lowest BCUT2D eigenvalue weighted by Gasteiger charge is -2.32. The van der Waals surface area contributed by atoms with Crippen LogP contribution in [0.4, 0.5) is 4.39 Å². The van der Waals surface area contributed by atoms with Crippen LogP contribution in [0.25, 0.3) is 0 Å². The van der Waals surface area contributed by atoms with E-state index in [1.165, 1.54) is 6.07 Å². The van der Waals surface area contributed by atoms with Crippen LogP contribution in [-0.4, -0.2) is 16.6 Å². The van der Waals surface area contributed by atoms with Crippen molar-refractivity contribution in [3.8, 4) is 0 Å². The first kappa shape index (κ1) is 11.0. The van der Waals surface area contributed by atoms with Crippen molar-refractivity contribution in [3.63, 3.8) is 0 Å². The molecule has 1 aliphatic heterocycles. The Kier molecular flexibility index (Phi) is 3.03. The predicted molar refractivity (Wildman–Crippen MR) is 61.6 cm³/mol. The monoisotopic (exact) mass is 226 g/mol. The van der Waals surface area contributed by atoms with Crippen molar-refractivity contribution in [1.29, 1.82) is 0 Å². The Morgan fingerprint density at radius 1 is 1.33 bits per heavy atom. The Hall–Kier alpha value is -0.540. The molecule has 0 radical (unpaired) electrons. The number of benzene rings is 1. The van der Waals surface area contributed by atoms with Gasteiger partial charge in [-0.15, -0.1) is 0 Å². The first-order valence-corrected chi connectivity index (χ1v) is 6.34. The van der Waals surface area contributed by atoms with Gasteiger partial charge in [-0.05, 0) is 48.5 Å². The molecule has 0 bridgehead atoms. The maximum atomic E-state index is 13.4. The molecule has 0 aliphatic carbocycles. The molecular weight excluding hydrogens is 211 g/mol. The minimum Gasteiger partial charge on any atom is -0.385 e. The van der Waals surface area contributed by atoms with Crippen molar-refractivity contribution in [3.05, 3.63) is 35.1 Å². The molecule has 0 saturated carbocycles. The van der Waals surface area contributed by atoms with Crippen molar-refractivity contribution in [2.24, 2.45) is 0 Å². The summed E-state index contributed by atoms with van der Waals surface area (Å²) in [7, 11) is 0. The van der Waals surface area contributed by atoms with Crippen LogP contribution in [0.2, 0.25) is 0 Å². The maximum Gasteiger partial charge on any atom is 0.126 e. The van der Waals surface area contributed by atoms with Crippen LogP contribution in [0.1, 0.15) is 24.0 Å². The van der Waals surface area contributed by atoms with E-state index in [9.17, 15) is 9.50 Å². The van der Waals surface area contributed by atoms with E-state index in [0.717, 1.165) is 29.9 Å². The highest BCUT2D eigenvalue weighted by molar-refractivity contribution is 7.99. The normalized spacial score (nSPS) is 20.2. The van der Waals surface area contributed by atoms with Gasteiger partial charge < -0.3 is 5.11 Å². The first-order valence-electron chi connectivity index (χ1n) is 5.19. The van der Waals surface area contributed by atoms with E-state index < -0.39 is 5.60 Å². The summed E-state index contributed by atoms with van der Waals surface area (Å²) >= 11 is 1.85. The van der Waals surface area contributed by atoms with E-state index in [-0.39, 0.29) is 5.82 Å². The molecule has 1 aromatic carbocycles. The van der Waals surface area contributed by atoms with Gasteiger partial charge in [-0.2, -0.15) is 11.8 Å². The van der Waals surface area contributed by atoms with Gasteiger partial charge in [0.2, 0.25) is 0 Å². The van der Waals surface area contributed by atoms with Crippen molar-refractivity contribution in [2.75, 3.05) is 11.5 Å². The minimum absolute atomic E-state index is 0.223. The highest BCUT2D eigenvalue weighted by Crippen LogP contribution is 2.36. The Balaban J connectivity index is 2.31. The SMILES string of the molecule is Cc1ccc(C2(O)CCSCC2)cc1F. The van der Waals surface area contributed by atoms with Gasteiger partial charge >= 0.3 is 0 Å². The Labute approximate surface area is 93.7 Å². The van der Waals surface area contributed by atoms with Gasteiger partial charge in [-0.1, -0.05) is 12.1 Å². The van der Waals surface area contributed by atoms with Crippen LogP contribution in [0.3, 0.4) is 0 Å². The predicted octanol–water partition coefficient (Wildman–Crippen LogP) is 2.85. The highest BCUT2D eigenvalue weighted by atomic mass is 32.2. The number of aryl methyl sites for hydroxylation is 1. The molecule has 1 saturated heterocycles. The fourth-order valence-electron chi connectivity index (χ4n) is 1.88. The Morgan fingerprint density at radius 3 is 2.60 bits per heavy atom. The van der Waals surface area contributed by atoms with Crippen LogP contribution >= 0.6 is 11.8 Å². The molecule has 2 rings (SSSR count). The van der Waals surface area contributed by atoms with Crippen molar-refractivity contribution in [2.45, 2.75) is 25.4 Å². The summed E-state index contributed by atoms with van der Waals surface area (Å²) in [5.74, 6) is 1.68. The summed E-state index contributed by atoms with van der Waals surface area (Å²) < 4.78 is 13.4. The zero-order chi connectivity index (χ0) is 10.9. The van der Waals surface area contributed by atoms with Crippen LogP contribution in [0.5, 0.6) is 0 Å². The summed E-state index contributed by atoms with van der Waals surface area (Å²) in [5, 5.41) is 10.4. The zero-order valence-corrected chi connectivity index (χ0v) is 9.61. The third-order valence-electron chi connectivity index (χ3n) is 3.03. The quantitative estimate of drug-likeness (QED) is 0.794. The third-order valence-corrected chi connectivity index (χ3v) is 4.01. The highest BCUT2D eigenvalue weighted by Gasteiger charge is 2.31. The molecule has 0 spiro atoms. The molecule has 1 fully saturated rings. The van der Waals surface area contributed by atoms with Gasteiger partial charge in [0, 0.05) is 0 Å². The van der Waals surface area contributed by atoms with Crippen LogP contribution in [0.15, 0.2) is 18.2 Å². The fraction of sp³-hybridized carbons (Fsp3) is 0.500. The van der Waals surface area contributed by atoms with E-state index >= 15 is 0 Å². The molecule has 0 aromatic heterocycles. The maximum absolute atomic E-state index is 13.4. The zero-order valence-electron chi connectivity index (χ0n) is 8.79. The summed E-state index contributed by atoms with van der Waals surface area (Å²) in [5.41, 5.74) is 0.554. The number of hydrogen-bond acceptors (Lipinski definition) is 2. The topological polar surface area (TPSA) is 20.2 Å². The van der Waals surface area contributed by atoms with Crippen LogP contribution < -0.4 is 0 Å². The fourth-order valence-corrected chi connectivity index (χ4v) is 3.05. The van der Waals surface area contributed by atoms with Crippen molar-refractivity contribution in [1.82, 2.24) is 0 Å². The van der Waals surface area contributed by atoms with Gasteiger partial charge in [0.25, 0.3) is 0 Å². The van der Waals surface area contributed by atoms with Crippen LogP contribution in [0, 0.1) is 12.7 Å². The van der Waals surface area contributed by atoms with Gasteiger partial charge in [0.15, 0.2) is 0 Å². The molecule has 1 heterocycles.